The molecule has 8 heteroatoms. The van der Waals surface area contributed by atoms with Crippen molar-refractivity contribution in [2.75, 3.05) is 18.5 Å². The molecule has 1 spiro atoms. The number of likely N-dealkylation sites (tertiary alicyclic amines) is 1. The van der Waals surface area contributed by atoms with E-state index < -0.39 is 23.4 Å². The van der Waals surface area contributed by atoms with E-state index in [0.717, 1.165) is 18.4 Å². The van der Waals surface area contributed by atoms with Gasteiger partial charge < -0.3 is 15.2 Å². The van der Waals surface area contributed by atoms with E-state index >= 15 is 0 Å². The fourth-order valence-electron chi connectivity index (χ4n) is 6.05. The molecular formula is C25H25N3O5. The molecule has 2 aromatic rings. The third-order valence-corrected chi connectivity index (χ3v) is 7.52. The molecule has 33 heavy (non-hydrogen) atoms. The van der Waals surface area contributed by atoms with E-state index in [1.807, 2.05) is 24.3 Å². The summed E-state index contributed by atoms with van der Waals surface area (Å²) in [5, 5.41) is 16.0. The van der Waals surface area contributed by atoms with Crippen molar-refractivity contribution in [2.45, 2.75) is 36.9 Å². The number of benzene rings is 2. The SMILES string of the molecule is O=C1[C@H]2[C@H](Cc3ccc(O)cc3)N[C@]3(C(=O)Nc4ccccc43)[C@@H]2C(=O)N1C[C@@H]1CCCO1. The number of amides is 3. The van der Waals surface area contributed by atoms with Crippen LogP contribution in [0.3, 0.4) is 0 Å². The van der Waals surface area contributed by atoms with Gasteiger partial charge in [0.25, 0.3) is 0 Å². The maximum absolute atomic E-state index is 13.7. The monoisotopic (exact) mass is 447 g/mol. The predicted octanol–water partition coefficient (Wildman–Crippen LogP) is 1.53. The number of fused-ring (bicyclic) bond motifs is 4. The summed E-state index contributed by atoms with van der Waals surface area (Å²) in [6.07, 6.45) is 2.03. The quantitative estimate of drug-likeness (QED) is 0.614. The average Bonchev–Trinajstić information content (AvgIpc) is 3.55. The fourth-order valence-corrected chi connectivity index (χ4v) is 6.05. The summed E-state index contributed by atoms with van der Waals surface area (Å²) >= 11 is 0. The summed E-state index contributed by atoms with van der Waals surface area (Å²) < 4.78 is 5.70. The molecule has 4 aliphatic rings. The Kier molecular flexibility index (Phi) is 4.57. The van der Waals surface area contributed by atoms with Gasteiger partial charge in [0.2, 0.25) is 17.7 Å². The highest BCUT2D eigenvalue weighted by molar-refractivity contribution is 6.15. The Morgan fingerprint density at radius 2 is 1.85 bits per heavy atom. The van der Waals surface area contributed by atoms with Gasteiger partial charge in [-0.3, -0.25) is 24.6 Å². The lowest BCUT2D eigenvalue weighted by molar-refractivity contribution is -0.144. The standard InChI is InChI=1S/C25H25N3O5/c29-15-9-7-14(8-10-15)12-19-20-21(23(31)28(22(20)30)13-16-4-3-11-33-16)25(27-19)17-5-1-2-6-18(17)26-24(25)32/h1-2,5-10,16,19-21,27,29H,3-4,11-13H2,(H,26,32)/t16-,19-,20-,21-,25-/m0/s1. The van der Waals surface area contributed by atoms with Crippen LogP contribution in [0, 0.1) is 11.8 Å². The van der Waals surface area contributed by atoms with Gasteiger partial charge in [-0.1, -0.05) is 30.3 Å². The Balaban J connectivity index is 1.42. The average molecular weight is 447 g/mol. The molecule has 4 heterocycles. The molecule has 5 atom stereocenters. The van der Waals surface area contributed by atoms with E-state index in [9.17, 15) is 19.5 Å². The number of nitrogens with one attached hydrogen (secondary N) is 2. The van der Waals surface area contributed by atoms with Crippen LogP contribution in [-0.4, -0.2) is 53.0 Å². The van der Waals surface area contributed by atoms with Crippen molar-refractivity contribution < 1.29 is 24.2 Å². The van der Waals surface area contributed by atoms with Crippen LogP contribution in [0.1, 0.15) is 24.0 Å². The minimum Gasteiger partial charge on any atom is -0.508 e. The van der Waals surface area contributed by atoms with Crippen LogP contribution in [0.4, 0.5) is 5.69 Å². The Morgan fingerprint density at radius 1 is 1.06 bits per heavy atom. The van der Waals surface area contributed by atoms with Gasteiger partial charge >= 0.3 is 0 Å². The van der Waals surface area contributed by atoms with Gasteiger partial charge in [0.1, 0.15) is 11.3 Å². The fraction of sp³-hybridized carbons (Fsp3) is 0.400. The number of carbonyl (C=O) groups is 3. The molecule has 2 aromatic carbocycles. The van der Waals surface area contributed by atoms with Gasteiger partial charge in [0.15, 0.2) is 0 Å². The number of hydrogen-bond donors (Lipinski definition) is 3. The third-order valence-electron chi connectivity index (χ3n) is 7.52. The lowest BCUT2D eigenvalue weighted by Gasteiger charge is -2.30. The zero-order chi connectivity index (χ0) is 22.7. The summed E-state index contributed by atoms with van der Waals surface area (Å²) in [7, 11) is 0. The van der Waals surface area contributed by atoms with Gasteiger partial charge in [-0.15, -0.1) is 0 Å². The molecule has 4 aliphatic heterocycles. The summed E-state index contributed by atoms with van der Waals surface area (Å²) in [5.41, 5.74) is 0.988. The number of nitrogens with zero attached hydrogens (tertiary/aromatic N) is 1. The van der Waals surface area contributed by atoms with Crippen molar-refractivity contribution >= 4 is 23.4 Å². The van der Waals surface area contributed by atoms with E-state index in [2.05, 4.69) is 10.6 Å². The highest BCUT2D eigenvalue weighted by atomic mass is 16.5. The second-order valence-electron chi connectivity index (χ2n) is 9.35. The zero-order valence-electron chi connectivity index (χ0n) is 18.0. The number of phenols is 1. The zero-order valence-corrected chi connectivity index (χ0v) is 18.0. The van der Waals surface area contributed by atoms with E-state index in [1.165, 1.54) is 4.90 Å². The first-order chi connectivity index (χ1) is 16.0. The van der Waals surface area contributed by atoms with Gasteiger partial charge in [-0.2, -0.15) is 0 Å². The number of anilines is 1. The third kappa shape index (κ3) is 2.94. The minimum atomic E-state index is -1.29. The maximum atomic E-state index is 13.7. The van der Waals surface area contributed by atoms with Crippen molar-refractivity contribution in [3.8, 4) is 5.75 Å². The van der Waals surface area contributed by atoms with Crippen molar-refractivity contribution in [3.63, 3.8) is 0 Å². The number of phenolic OH excluding ortho intramolecular Hbond substituents is 1. The molecule has 0 aromatic heterocycles. The molecule has 3 N–H and O–H groups in total. The van der Waals surface area contributed by atoms with Gasteiger partial charge in [-0.05, 0) is 43.0 Å². The van der Waals surface area contributed by atoms with E-state index in [0.29, 0.717) is 24.3 Å². The first-order valence-corrected chi connectivity index (χ1v) is 11.4. The van der Waals surface area contributed by atoms with Crippen LogP contribution in [0.5, 0.6) is 5.75 Å². The summed E-state index contributed by atoms with van der Waals surface area (Å²) in [6.45, 7) is 0.869. The number of carbonyl (C=O) groups excluding carboxylic acids is 3. The summed E-state index contributed by atoms with van der Waals surface area (Å²) in [5.74, 6) is -2.18. The lowest BCUT2D eigenvalue weighted by atomic mass is 9.76. The Bertz CT molecular complexity index is 1140. The largest absolute Gasteiger partial charge is 0.508 e. The molecule has 3 amide bonds. The van der Waals surface area contributed by atoms with Crippen molar-refractivity contribution in [2.24, 2.45) is 11.8 Å². The summed E-state index contributed by atoms with van der Waals surface area (Å²) in [6, 6.07) is 13.7. The van der Waals surface area contributed by atoms with Crippen LogP contribution in [0.15, 0.2) is 48.5 Å². The first-order valence-electron chi connectivity index (χ1n) is 11.4. The number of rotatable bonds is 4. The Hall–Kier alpha value is -3.23. The highest BCUT2D eigenvalue weighted by Crippen LogP contribution is 2.53. The molecule has 0 aliphatic carbocycles. The Labute approximate surface area is 190 Å². The van der Waals surface area contributed by atoms with Crippen LogP contribution in [0.25, 0.3) is 0 Å². The van der Waals surface area contributed by atoms with Crippen LogP contribution in [-0.2, 0) is 31.1 Å². The van der Waals surface area contributed by atoms with E-state index in [4.69, 9.17) is 4.74 Å². The van der Waals surface area contributed by atoms with Crippen LogP contribution >= 0.6 is 0 Å². The molecule has 0 radical (unpaired) electrons. The van der Waals surface area contributed by atoms with Crippen LogP contribution < -0.4 is 10.6 Å². The van der Waals surface area contributed by atoms with Crippen LogP contribution in [0.2, 0.25) is 0 Å². The van der Waals surface area contributed by atoms with Crippen molar-refractivity contribution in [3.05, 3.63) is 59.7 Å². The molecular weight excluding hydrogens is 422 g/mol. The molecule has 3 fully saturated rings. The molecule has 0 unspecified atom stereocenters. The molecule has 0 bridgehead atoms. The predicted molar refractivity (Wildman–Crippen MR) is 118 cm³/mol. The van der Waals surface area contributed by atoms with Crippen molar-refractivity contribution in [1.82, 2.24) is 10.2 Å². The topological polar surface area (TPSA) is 108 Å². The van der Waals surface area contributed by atoms with Gasteiger partial charge in [0.05, 0.1) is 24.5 Å². The van der Waals surface area contributed by atoms with Gasteiger partial charge in [0, 0.05) is 23.9 Å². The number of para-hydroxylation sites is 1. The lowest BCUT2D eigenvalue weighted by Crippen LogP contribution is -2.54. The highest BCUT2D eigenvalue weighted by Gasteiger charge is 2.70. The first kappa shape index (κ1) is 20.4. The smallest absolute Gasteiger partial charge is 0.250 e. The number of hydrogen-bond acceptors (Lipinski definition) is 6. The number of aromatic hydroxyl groups is 1. The van der Waals surface area contributed by atoms with Gasteiger partial charge in [-0.25, -0.2) is 0 Å². The number of imide groups is 1. The normalized spacial score (nSPS) is 32.5. The maximum Gasteiger partial charge on any atom is 0.250 e. The second kappa shape index (κ2) is 7.40. The number of ether oxygens (including phenoxy) is 1. The molecule has 0 saturated carbocycles. The molecule has 3 saturated heterocycles. The molecule has 170 valence electrons. The minimum absolute atomic E-state index is 0.152. The molecule has 6 rings (SSSR count). The van der Waals surface area contributed by atoms with E-state index in [-0.39, 0.29) is 36.1 Å². The second-order valence-corrected chi connectivity index (χ2v) is 9.35. The van der Waals surface area contributed by atoms with E-state index in [1.54, 1.807) is 24.3 Å². The summed E-state index contributed by atoms with van der Waals surface area (Å²) in [4.78, 5) is 42.1. The Morgan fingerprint density at radius 3 is 2.61 bits per heavy atom. The molecule has 8 nitrogen and oxygen atoms in total. The van der Waals surface area contributed by atoms with Crippen molar-refractivity contribution in [1.29, 1.82) is 0 Å².